The maximum atomic E-state index is 10.8. The van der Waals surface area contributed by atoms with Crippen molar-refractivity contribution in [1.82, 2.24) is 14.5 Å². The average molecular weight is 221 g/mol. The minimum Gasteiger partial charge on any atom is -0.456 e. The highest BCUT2D eigenvalue weighted by Gasteiger charge is 2.09. The molecule has 1 N–H and O–H groups in total. The van der Waals surface area contributed by atoms with Gasteiger partial charge in [-0.25, -0.2) is 14.8 Å². The molecule has 6 nitrogen and oxygen atoms in total. The number of aryl methyl sites for hydroxylation is 1. The van der Waals surface area contributed by atoms with Crippen LogP contribution in [0.3, 0.4) is 0 Å². The third kappa shape index (κ3) is 1.87. The number of esters is 1. The molecule has 0 amide bonds. The van der Waals surface area contributed by atoms with Crippen molar-refractivity contribution >= 4 is 17.1 Å². The number of nitrogens with zero attached hydrogens (tertiary/aromatic N) is 3. The zero-order chi connectivity index (χ0) is 11.5. The van der Waals surface area contributed by atoms with Crippen LogP contribution in [-0.2, 0) is 23.2 Å². The second kappa shape index (κ2) is 4.28. The molecule has 0 unspecified atom stereocenters. The van der Waals surface area contributed by atoms with Gasteiger partial charge in [0, 0.05) is 13.2 Å². The van der Waals surface area contributed by atoms with Crippen LogP contribution in [0.2, 0.25) is 0 Å². The van der Waals surface area contributed by atoms with Crippen LogP contribution in [0.5, 0.6) is 0 Å². The molecule has 0 saturated carbocycles. The molecule has 2 rings (SSSR count). The van der Waals surface area contributed by atoms with Gasteiger partial charge in [-0.05, 0) is 12.1 Å². The number of aromatic nitrogens is 3. The quantitative estimate of drug-likeness (QED) is 0.738. The van der Waals surface area contributed by atoms with E-state index in [0.717, 1.165) is 5.52 Å². The number of pyridine rings is 1. The van der Waals surface area contributed by atoms with E-state index in [2.05, 4.69) is 9.97 Å². The zero-order valence-corrected chi connectivity index (χ0v) is 8.75. The van der Waals surface area contributed by atoms with Gasteiger partial charge >= 0.3 is 5.97 Å². The Morgan fingerprint density at radius 1 is 1.62 bits per heavy atom. The van der Waals surface area contributed by atoms with Crippen LogP contribution in [0.25, 0.3) is 11.2 Å². The van der Waals surface area contributed by atoms with Crippen molar-refractivity contribution in [2.24, 2.45) is 7.05 Å². The van der Waals surface area contributed by atoms with Gasteiger partial charge in [0.15, 0.2) is 5.65 Å². The summed E-state index contributed by atoms with van der Waals surface area (Å²) < 4.78 is 6.59. The van der Waals surface area contributed by atoms with E-state index >= 15 is 0 Å². The number of hydrogen-bond acceptors (Lipinski definition) is 5. The molecule has 0 spiro atoms. The lowest BCUT2D eigenvalue weighted by Gasteiger charge is -2.02. The van der Waals surface area contributed by atoms with Crippen LogP contribution in [0.1, 0.15) is 5.82 Å². The van der Waals surface area contributed by atoms with Gasteiger partial charge in [0.2, 0.25) is 0 Å². The highest BCUT2D eigenvalue weighted by molar-refractivity contribution is 5.72. The van der Waals surface area contributed by atoms with Gasteiger partial charge in [-0.3, -0.25) is 0 Å². The second-order valence-corrected chi connectivity index (χ2v) is 3.25. The van der Waals surface area contributed by atoms with Crippen molar-refractivity contribution in [2.45, 2.75) is 6.61 Å². The predicted molar refractivity (Wildman–Crippen MR) is 55.4 cm³/mol. The molecule has 6 heteroatoms. The molecule has 0 aliphatic rings. The van der Waals surface area contributed by atoms with Crippen molar-refractivity contribution < 1.29 is 14.6 Å². The van der Waals surface area contributed by atoms with E-state index < -0.39 is 12.6 Å². The molecule has 0 saturated heterocycles. The Balaban J connectivity index is 2.24. The summed E-state index contributed by atoms with van der Waals surface area (Å²) in [6.45, 7) is -0.589. The fraction of sp³-hybridized carbons (Fsp3) is 0.300. The molecule has 84 valence electrons. The first-order valence-corrected chi connectivity index (χ1v) is 4.75. The fourth-order valence-corrected chi connectivity index (χ4v) is 1.39. The summed E-state index contributed by atoms with van der Waals surface area (Å²) in [5, 5.41) is 8.51. The molecule has 2 aromatic heterocycles. The van der Waals surface area contributed by atoms with E-state index in [-0.39, 0.29) is 6.61 Å². The summed E-state index contributed by atoms with van der Waals surface area (Å²) in [6, 6.07) is 3.69. The summed E-state index contributed by atoms with van der Waals surface area (Å²) in [5.41, 5.74) is 1.48. The van der Waals surface area contributed by atoms with Gasteiger partial charge in [0.25, 0.3) is 0 Å². The van der Waals surface area contributed by atoms with E-state index in [1.54, 1.807) is 10.8 Å². The number of hydrogen-bond donors (Lipinski definition) is 1. The second-order valence-electron chi connectivity index (χ2n) is 3.25. The van der Waals surface area contributed by atoms with Crippen LogP contribution in [-0.4, -0.2) is 32.2 Å². The molecule has 2 heterocycles. The topological polar surface area (TPSA) is 77.2 Å². The van der Waals surface area contributed by atoms with E-state index in [1.165, 1.54) is 0 Å². The predicted octanol–water partition coefficient (Wildman–Crippen LogP) is 0.00380. The van der Waals surface area contributed by atoms with Gasteiger partial charge in [0.1, 0.15) is 19.0 Å². The summed E-state index contributed by atoms with van der Waals surface area (Å²) in [4.78, 5) is 19.1. The first-order chi connectivity index (χ1) is 7.72. The Hall–Kier alpha value is -1.95. The van der Waals surface area contributed by atoms with Gasteiger partial charge in [-0.1, -0.05) is 0 Å². The number of imidazole rings is 1. The summed E-state index contributed by atoms with van der Waals surface area (Å²) in [7, 11) is 1.82. The number of aliphatic hydroxyl groups is 1. The number of aliphatic hydroxyl groups excluding tert-OH is 1. The van der Waals surface area contributed by atoms with Crippen LogP contribution in [0.15, 0.2) is 18.3 Å². The lowest BCUT2D eigenvalue weighted by Crippen LogP contribution is -2.11. The number of carbonyl (C=O) groups is 1. The van der Waals surface area contributed by atoms with Crippen molar-refractivity contribution in [3.05, 3.63) is 24.2 Å². The molecule has 0 bridgehead atoms. The van der Waals surface area contributed by atoms with Gasteiger partial charge in [0.05, 0.1) is 5.52 Å². The Labute approximate surface area is 91.5 Å². The van der Waals surface area contributed by atoms with Gasteiger partial charge in [-0.15, -0.1) is 0 Å². The number of carbonyl (C=O) groups excluding carboxylic acids is 1. The van der Waals surface area contributed by atoms with Crippen molar-refractivity contribution in [3.63, 3.8) is 0 Å². The Kier molecular flexibility index (Phi) is 2.82. The largest absolute Gasteiger partial charge is 0.456 e. The van der Waals surface area contributed by atoms with Gasteiger partial charge in [-0.2, -0.15) is 0 Å². The van der Waals surface area contributed by atoms with E-state index in [9.17, 15) is 4.79 Å². The fourth-order valence-electron chi connectivity index (χ4n) is 1.39. The smallest absolute Gasteiger partial charge is 0.332 e. The molecule has 2 aromatic rings. The van der Waals surface area contributed by atoms with Crippen molar-refractivity contribution in [3.8, 4) is 0 Å². The summed E-state index contributed by atoms with van der Waals surface area (Å²) >= 11 is 0. The molecule has 0 atom stereocenters. The Morgan fingerprint density at radius 2 is 2.44 bits per heavy atom. The van der Waals surface area contributed by atoms with E-state index in [4.69, 9.17) is 9.84 Å². The first-order valence-electron chi connectivity index (χ1n) is 4.75. The summed E-state index contributed by atoms with van der Waals surface area (Å²) in [5.74, 6) is -0.0736. The lowest BCUT2D eigenvalue weighted by molar-refractivity contribution is -0.148. The average Bonchev–Trinajstić information content (AvgIpc) is 2.64. The molecule has 16 heavy (non-hydrogen) atoms. The number of fused-ring (bicyclic) bond motifs is 1. The zero-order valence-electron chi connectivity index (χ0n) is 8.75. The maximum absolute atomic E-state index is 10.8. The van der Waals surface area contributed by atoms with Crippen LogP contribution in [0, 0.1) is 0 Å². The lowest BCUT2D eigenvalue weighted by atomic mass is 10.4. The van der Waals surface area contributed by atoms with Crippen molar-refractivity contribution in [1.29, 1.82) is 0 Å². The van der Waals surface area contributed by atoms with Gasteiger partial charge < -0.3 is 14.4 Å². The number of rotatable bonds is 3. The molecule has 0 aromatic carbocycles. The highest BCUT2D eigenvalue weighted by atomic mass is 16.5. The minimum absolute atomic E-state index is 0.0340. The third-order valence-corrected chi connectivity index (χ3v) is 2.24. The van der Waals surface area contributed by atoms with Crippen molar-refractivity contribution in [2.75, 3.05) is 6.61 Å². The first kappa shape index (κ1) is 10.6. The van der Waals surface area contributed by atoms with E-state index in [1.807, 2.05) is 19.2 Å². The number of ether oxygens (including phenoxy) is 1. The maximum Gasteiger partial charge on any atom is 0.332 e. The molecular formula is C10H11N3O3. The Bertz CT molecular complexity index is 521. The molecular weight excluding hydrogens is 210 g/mol. The standard InChI is InChI=1S/C10H11N3O3/c1-13-7-3-2-4-11-10(7)12-8(13)6-16-9(15)5-14/h2-4,14H,5-6H2,1H3. The molecule has 0 aliphatic carbocycles. The molecule has 0 fully saturated rings. The minimum atomic E-state index is -0.667. The van der Waals surface area contributed by atoms with E-state index in [0.29, 0.717) is 11.5 Å². The SMILES string of the molecule is Cn1c(COC(=O)CO)nc2ncccc21. The molecule has 0 radical (unpaired) electrons. The third-order valence-electron chi connectivity index (χ3n) is 2.24. The van der Waals surface area contributed by atoms with Crippen LogP contribution < -0.4 is 0 Å². The van der Waals surface area contributed by atoms with Crippen LogP contribution >= 0.6 is 0 Å². The summed E-state index contributed by atoms with van der Waals surface area (Å²) in [6.07, 6.45) is 1.65. The normalized spacial score (nSPS) is 10.6. The molecule has 0 aliphatic heterocycles. The monoisotopic (exact) mass is 221 g/mol. The van der Waals surface area contributed by atoms with Crippen LogP contribution in [0.4, 0.5) is 0 Å². The Morgan fingerprint density at radius 3 is 3.12 bits per heavy atom. The highest BCUT2D eigenvalue weighted by Crippen LogP contribution is 2.12.